The van der Waals surface area contributed by atoms with Gasteiger partial charge in [-0.1, -0.05) is 55.2 Å². The molecule has 1 heterocycles. The molecule has 210 valence electrons. The molecule has 0 aliphatic carbocycles. The standard InChI is InChI=1S/C29H26Cl2F3N3O3/c1-16(2)11-26(17-3-5-18(6-4-17)28(40)35-10-9-27(38)39)37-15-19-12-22(24(31)14-25(19)36-37)21-8-7-20(13-23(21)30)29(32,33)34/h3-8,12-16,26H,9-11H2,1-2H3,(H,35,40)(H,38,39). The van der Waals surface area contributed by atoms with Crippen LogP contribution in [0, 0.1) is 5.92 Å². The van der Waals surface area contributed by atoms with Crippen molar-refractivity contribution in [2.45, 2.75) is 38.9 Å². The van der Waals surface area contributed by atoms with Gasteiger partial charge in [-0.3, -0.25) is 14.3 Å². The number of hydrogen-bond acceptors (Lipinski definition) is 3. The number of amides is 1. The number of nitrogens with one attached hydrogen (secondary N) is 1. The smallest absolute Gasteiger partial charge is 0.416 e. The molecule has 4 aromatic rings. The zero-order valence-electron chi connectivity index (χ0n) is 21.6. The maximum atomic E-state index is 13.1. The molecule has 11 heteroatoms. The molecule has 3 aromatic carbocycles. The van der Waals surface area contributed by atoms with Crippen LogP contribution in [0.15, 0.2) is 60.8 Å². The van der Waals surface area contributed by atoms with Crippen molar-refractivity contribution in [3.8, 4) is 11.1 Å². The van der Waals surface area contributed by atoms with Crippen molar-refractivity contribution in [1.82, 2.24) is 15.1 Å². The van der Waals surface area contributed by atoms with E-state index in [9.17, 15) is 22.8 Å². The maximum Gasteiger partial charge on any atom is 0.416 e. The Kier molecular flexibility index (Phi) is 8.75. The summed E-state index contributed by atoms with van der Waals surface area (Å²) < 4.78 is 41.1. The number of carboxylic acid groups (broad SMARTS) is 1. The summed E-state index contributed by atoms with van der Waals surface area (Å²) >= 11 is 12.8. The second kappa shape index (κ2) is 11.9. The third-order valence-electron chi connectivity index (χ3n) is 6.39. The molecule has 40 heavy (non-hydrogen) atoms. The van der Waals surface area contributed by atoms with Gasteiger partial charge >= 0.3 is 12.1 Å². The molecular formula is C29H26Cl2F3N3O3. The van der Waals surface area contributed by atoms with Crippen LogP contribution < -0.4 is 5.32 Å². The van der Waals surface area contributed by atoms with Crippen LogP contribution in [0.5, 0.6) is 0 Å². The highest BCUT2D eigenvalue weighted by atomic mass is 35.5. The van der Waals surface area contributed by atoms with Crippen LogP contribution in [0.2, 0.25) is 10.0 Å². The van der Waals surface area contributed by atoms with Crippen LogP contribution in [0.4, 0.5) is 13.2 Å². The zero-order valence-corrected chi connectivity index (χ0v) is 23.1. The fraction of sp³-hybridized carbons (Fsp3) is 0.276. The van der Waals surface area contributed by atoms with Crippen molar-refractivity contribution >= 4 is 46.0 Å². The normalized spacial score (nSPS) is 12.6. The van der Waals surface area contributed by atoms with E-state index in [1.165, 1.54) is 6.07 Å². The molecule has 0 spiro atoms. The summed E-state index contributed by atoms with van der Waals surface area (Å²) in [6.07, 6.45) is -2.08. The average Bonchev–Trinajstić information content (AvgIpc) is 3.28. The monoisotopic (exact) mass is 591 g/mol. The Hall–Kier alpha value is -3.56. The number of carboxylic acids is 1. The highest BCUT2D eigenvalue weighted by Gasteiger charge is 2.31. The number of aliphatic carboxylic acids is 1. The molecule has 0 saturated heterocycles. The topological polar surface area (TPSA) is 84.2 Å². The van der Waals surface area contributed by atoms with Gasteiger partial charge in [0.05, 0.1) is 28.6 Å². The number of benzene rings is 3. The average molecular weight is 592 g/mol. The SMILES string of the molecule is CC(C)CC(c1ccc(C(=O)NCCC(=O)O)cc1)n1cc2cc(-c3ccc(C(F)(F)F)cc3Cl)c(Cl)cc2n1. The van der Waals surface area contributed by atoms with Crippen molar-refractivity contribution in [2.75, 3.05) is 6.54 Å². The molecule has 6 nitrogen and oxygen atoms in total. The molecule has 2 N–H and O–H groups in total. The minimum atomic E-state index is -4.51. The molecule has 4 rings (SSSR count). The molecule has 0 bridgehead atoms. The van der Waals surface area contributed by atoms with Gasteiger partial charge in [-0.25, -0.2) is 0 Å². The lowest BCUT2D eigenvalue weighted by atomic mass is 9.96. The number of nitrogens with zero attached hydrogens (tertiary/aromatic N) is 2. The first-order chi connectivity index (χ1) is 18.8. The summed E-state index contributed by atoms with van der Waals surface area (Å²) in [7, 11) is 0. The van der Waals surface area contributed by atoms with E-state index in [0.29, 0.717) is 33.1 Å². The van der Waals surface area contributed by atoms with E-state index in [2.05, 4.69) is 19.2 Å². The molecule has 0 aliphatic rings. The highest BCUT2D eigenvalue weighted by Crippen LogP contribution is 2.39. The van der Waals surface area contributed by atoms with Crippen LogP contribution in [0.3, 0.4) is 0 Å². The Morgan fingerprint density at radius 3 is 2.27 bits per heavy atom. The molecular weight excluding hydrogens is 566 g/mol. The lowest BCUT2D eigenvalue weighted by Crippen LogP contribution is -2.26. The third kappa shape index (κ3) is 6.77. The molecule has 0 saturated carbocycles. The fourth-order valence-corrected chi connectivity index (χ4v) is 4.97. The number of hydrogen-bond donors (Lipinski definition) is 2. The van der Waals surface area contributed by atoms with E-state index in [1.54, 1.807) is 24.3 Å². The summed E-state index contributed by atoms with van der Waals surface area (Å²) in [6, 6.07) is 13.5. The zero-order chi connectivity index (χ0) is 29.2. The number of halogens is 5. The van der Waals surface area contributed by atoms with Crippen molar-refractivity contribution in [2.24, 2.45) is 5.92 Å². The Labute approximate surface area is 238 Å². The van der Waals surface area contributed by atoms with E-state index in [1.807, 2.05) is 23.0 Å². The fourth-order valence-electron chi connectivity index (χ4n) is 4.43. The molecule has 1 atom stereocenters. The maximum absolute atomic E-state index is 13.1. The van der Waals surface area contributed by atoms with Gasteiger partial charge in [0.25, 0.3) is 5.91 Å². The molecule has 1 amide bonds. The molecule has 0 radical (unpaired) electrons. The first-order valence-corrected chi connectivity index (χ1v) is 13.2. The van der Waals surface area contributed by atoms with E-state index in [-0.39, 0.29) is 29.9 Å². The van der Waals surface area contributed by atoms with Crippen LogP contribution in [0.25, 0.3) is 22.0 Å². The number of alkyl halides is 3. The van der Waals surface area contributed by atoms with Gasteiger partial charge in [0, 0.05) is 39.8 Å². The molecule has 0 fully saturated rings. The van der Waals surface area contributed by atoms with Gasteiger partial charge in [0.15, 0.2) is 0 Å². The van der Waals surface area contributed by atoms with E-state index in [0.717, 1.165) is 29.5 Å². The van der Waals surface area contributed by atoms with Crippen molar-refractivity contribution in [3.63, 3.8) is 0 Å². The number of carbonyl (C=O) groups is 2. The van der Waals surface area contributed by atoms with Gasteiger partial charge in [-0.2, -0.15) is 18.3 Å². The summed E-state index contributed by atoms with van der Waals surface area (Å²) in [5.74, 6) is -1.04. The predicted molar refractivity (Wildman–Crippen MR) is 149 cm³/mol. The van der Waals surface area contributed by atoms with Crippen molar-refractivity contribution in [3.05, 3.63) is 87.5 Å². The van der Waals surface area contributed by atoms with Crippen molar-refractivity contribution < 1.29 is 27.9 Å². The van der Waals surface area contributed by atoms with Gasteiger partial charge in [0.1, 0.15) is 0 Å². The van der Waals surface area contributed by atoms with Crippen LogP contribution in [-0.2, 0) is 11.0 Å². The minimum Gasteiger partial charge on any atom is -0.481 e. The quantitative estimate of drug-likeness (QED) is 0.207. The third-order valence-corrected chi connectivity index (χ3v) is 7.02. The molecule has 1 aromatic heterocycles. The van der Waals surface area contributed by atoms with E-state index >= 15 is 0 Å². The molecule has 1 unspecified atom stereocenters. The van der Waals surface area contributed by atoms with E-state index in [4.69, 9.17) is 33.4 Å². The van der Waals surface area contributed by atoms with Gasteiger partial charge < -0.3 is 10.4 Å². The number of fused-ring (bicyclic) bond motifs is 1. The largest absolute Gasteiger partial charge is 0.481 e. The highest BCUT2D eigenvalue weighted by molar-refractivity contribution is 6.37. The second-order valence-corrected chi connectivity index (χ2v) is 10.7. The predicted octanol–water partition coefficient (Wildman–Crippen LogP) is 7.87. The Bertz CT molecular complexity index is 1550. The first kappa shape index (κ1) is 29.4. The summed E-state index contributed by atoms with van der Waals surface area (Å²) in [5.41, 5.74) is 1.97. The summed E-state index contributed by atoms with van der Waals surface area (Å²) in [4.78, 5) is 23.0. The lowest BCUT2D eigenvalue weighted by molar-refractivity contribution is -0.138. The molecule has 0 aliphatic heterocycles. The van der Waals surface area contributed by atoms with Gasteiger partial charge in [-0.05, 0) is 54.3 Å². The summed E-state index contributed by atoms with van der Waals surface area (Å²) in [6.45, 7) is 4.21. The Balaban J connectivity index is 1.65. The van der Waals surface area contributed by atoms with Crippen LogP contribution in [0.1, 0.15) is 54.2 Å². The Morgan fingerprint density at radius 2 is 1.68 bits per heavy atom. The minimum absolute atomic E-state index is 0.0357. The number of carbonyl (C=O) groups excluding carboxylic acids is 1. The van der Waals surface area contributed by atoms with E-state index < -0.39 is 17.7 Å². The lowest BCUT2D eigenvalue weighted by Gasteiger charge is -2.20. The first-order valence-electron chi connectivity index (χ1n) is 12.5. The van der Waals surface area contributed by atoms with Gasteiger partial charge in [0.2, 0.25) is 0 Å². The second-order valence-electron chi connectivity index (χ2n) is 9.86. The number of rotatable bonds is 9. The van der Waals surface area contributed by atoms with Gasteiger partial charge in [-0.15, -0.1) is 0 Å². The summed E-state index contributed by atoms with van der Waals surface area (Å²) in [5, 5.41) is 17.1. The van der Waals surface area contributed by atoms with Crippen molar-refractivity contribution in [1.29, 1.82) is 0 Å². The van der Waals surface area contributed by atoms with Crippen LogP contribution in [-0.4, -0.2) is 33.3 Å². The Morgan fingerprint density at radius 1 is 1.00 bits per heavy atom. The van der Waals surface area contributed by atoms with Crippen LogP contribution >= 0.6 is 23.2 Å². The number of aromatic nitrogens is 2.